The first-order chi connectivity index (χ1) is 10.9. The number of thioether (sulfide) groups is 1. The van der Waals surface area contributed by atoms with Gasteiger partial charge >= 0.3 is 0 Å². The first-order valence-electron chi connectivity index (χ1n) is 8.37. The average molecular weight is 490 g/mol. The van der Waals surface area contributed by atoms with Crippen molar-refractivity contribution >= 4 is 51.7 Å². The quantitative estimate of drug-likeness (QED) is 0.349. The van der Waals surface area contributed by atoms with Crippen molar-refractivity contribution in [2.24, 2.45) is 10.9 Å². The third-order valence-electron chi connectivity index (χ3n) is 4.88. The van der Waals surface area contributed by atoms with Gasteiger partial charge < -0.3 is 10.6 Å². The van der Waals surface area contributed by atoms with Crippen LogP contribution in [0.4, 0.5) is 0 Å². The van der Waals surface area contributed by atoms with Crippen LogP contribution in [0.25, 0.3) is 0 Å². The van der Waals surface area contributed by atoms with Crippen LogP contribution < -0.4 is 10.6 Å². The number of hydrogen-bond donors (Lipinski definition) is 2. The molecule has 0 bridgehead atoms. The van der Waals surface area contributed by atoms with Gasteiger partial charge in [-0.25, -0.2) is 12.7 Å². The van der Waals surface area contributed by atoms with Crippen molar-refractivity contribution in [3.63, 3.8) is 0 Å². The van der Waals surface area contributed by atoms with Crippen molar-refractivity contribution in [3.05, 3.63) is 0 Å². The molecular weight excluding hydrogens is 459 g/mol. The van der Waals surface area contributed by atoms with E-state index in [0.29, 0.717) is 25.0 Å². The van der Waals surface area contributed by atoms with Gasteiger partial charge in [0, 0.05) is 38.0 Å². The fraction of sp³-hybridized carbons (Fsp3) is 0.933. The summed E-state index contributed by atoms with van der Waals surface area (Å²) in [6.07, 6.45) is 8.99. The maximum atomic E-state index is 11.5. The number of halogens is 1. The van der Waals surface area contributed by atoms with Gasteiger partial charge in [-0.15, -0.1) is 24.0 Å². The first kappa shape index (κ1) is 22.3. The van der Waals surface area contributed by atoms with E-state index in [-0.39, 0.29) is 24.0 Å². The predicted molar refractivity (Wildman–Crippen MR) is 114 cm³/mol. The number of hydrogen-bond acceptors (Lipinski definition) is 4. The van der Waals surface area contributed by atoms with E-state index in [4.69, 9.17) is 0 Å². The molecule has 9 heteroatoms. The second-order valence-corrected chi connectivity index (χ2v) is 9.69. The van der Waals surface area contributed by atoms with Crippen molar-refractivity contribution in [1.29, 1.82) is 0 Å². The smallest absolute Gasteiger partial charge is 0.211 e. The molecule has 0 aromatic carbocycles. The molecule has 24 heavy (non-hydrogen) atoms. The van der Waals surface area contributed by atoms with E-state index in [1.807, 2.05) is 18.8 Å². The monoisotopic (exact) mass is 490 g/mol. The number of piperidine rings is 1. The molecule has 0 aromatic heterocycles. The molecule has 1 heterocycles. The van der Waals surface area contributed by atoms with Gasteiger partial charge in [0.1, 0.15) is 0 Å². The summed E-state index contributed by atoms with van der Waals surface area (Å²) in [6, 6.07) is 0.519. The van der Waals surface area contributed by atoms with Crippen LogP contribution in [0.3, 0.4) is 0 Å². The average Bonchev–Trinajstić information content (AvgIpc) is 2.98. The van der Waals surface area contributed by atoms with Crippen LogP contribution in [0.1, 0.15) is 32.1 Å². The van der Waals surface area contributed by atoms with Crippen LogP contribution in [0.5, 0.6) is 0 Å². The van der Waals surface area contributed by atoms with Gasteiger partial charge in [0.25, 0.3) is 0 Å². The molecular formula is C15H31IN4O2S2. The molecule has 2 atom stereocenters. The van der Waals surface area contributed by atoms with Gasteiger partial charge in [-0.05, 0) is 44.3 Å². The summed E-state index contributed by atoms with van der Waals surface area (Å²) >= 11 is 1.96. The molecule has 2 rings (SSSR count). The highest BCUT2D eigenvalue weighted by molar-refractivity contribution is 14.0. The van der Waals surface area contributed by atoms with E-state index in [1.165, 1.54) is 25.5 Å². The Balaban J connectivity index is 0.00000288. The molecule has 2 unspecified atom stereocenters. The van der Waals surface area contributed by atoms with E-state index >= 15 is 0 Å². The van der Waals surface area contributed by atoms with Gasteiger partial charge in [-0.2, -0.15) is 11.8 Å². The van der Waals surface area contributed by atoms with Crippen LogP contribution in [-0.4, -0.2) is 69.2 Å². The van der Waals surface area contributed by atoms with E-state index < -0.39 is 10.0 Å². The van der Waals surface area contributed by atoms with Crippen molar-refractivity contribution < 1.29 is 8.42 Å². The number of guanidine groups is 1. The molecule has 0 spiro atoms. The molecule has 142 valence electrons. The lowest BCUT2D eigenvalue weighted by Gasteiger charge is -2.30. The fourth-order valence-electron chi connectivity index (χ4n) is 3.36. The molecule has 2 fully saturated rings. The maximum Gasteiger partial charge on any atom is 0.211 e. The Morgan fingerprint density at radius 2 is 1.92 bits per heavy atom. The lowest BCUT2D eigenvalue weighted by Crippen LogP contribution is -2.46. The third kappa shape index (κ3) is 6.87. The minimum absolute atomic E-state index is 0. The topological polar surface area (TPSA) is 73.8 Å². The predicted octanol–water partition coefficient (Wildman–Crippen LogP) is 1.73. The number of rotatable bonds is 5. The molecule has 1 saturated heterocycles. The van der Waals surface area contributed by atoms with Crippen LogP contribution in [0.2, 0.25) is 0 Å². The van der Waals surface area contributed by atoms with E-state index in [9.17, 15) is 8.42 Å². The lowest BCUT2D eigenvalue weighted by molar-refractivity contribution is 0.274. The van der Waals surface area contributed by atoms with Gasteiger partial charge in [-0.1, -0.05) is 0 Å². The SMILES string of the molecule is CN=C(NCC1CCN(S(C)(=O)=O)CC1)NC1CCC(SC)C1.I. The summed E-state index contributed by atoms with van der Waals surface area (Å²) in [5, 5.41) is 7.71. The van der Waals surface area contributed by atoms with Crippen molar-refractivity contribution in [3.8, 4) is 0 Å². The maximum absolute atomic E-state index is 11.5. The number of nitrogens with zero attached hydrogens (tertiary/aromatic N) is 2. The van der Waals surface area contributed by atoms with Gasteiger partial charge in [0.2, 0.25) is 10.0 Å². The molecule has 0 aromatic rings. The Labute approximate surface area is 168 Å². The number of nitrogens with one attached hydrogen (secondary N) is 2. The Morgan fingerprint density at radius 3 is 2.42 bits per heavy atom. The minimum atomic E-state index is -3.03. The Bertz CT molecular complexity index is 508. The van der Waals surface area contributed by atoms with Gasteiger partial charge in [0.05, 0.1) is 6.26 Å². The van der Waals surface area contributed by atoms with Crippen molar-refractivity contribution in [2.75, 3.05) is 39.2 Å². The minimum Gasteiger partial charge on any atom is -0.356 e. The number of sulfonamides is 1. The zero-order valence-electron chi connectivity index (χ0n) is 14.8. The largest absolute Gasteiger partial charge is 0.356 e. The Morgan fingerprint density at radius 1 is 1.25 bits per heavy atom. The third-order valence-corrected chi connectivity index (χ3v) is 7.28. The second-order valence-electron chi connectivity index (χ2n) is 6.57. The summed E-state index contributed by atoms with van der Waals surface area (Å²) in [7, 11) is -1.23. The zero-order valence-corrected chi connectivity index (χ0v) is 18.8. The van der Waals surface area contributed by atoms with E-state index in [2.05, 4.69) is 21.9 Å². The normalized spacial score (nSPS) is 26.9. The fourth-order valence-corrected chi connectivity index (χ4v) is 5.03. The van der Waals surface area contributed by atoms with Crippen molar-refractivity contribution in [2.45, 2.75) is 43.4 Å². The highest BCUT2D eigenvalue weighted by Crippen LogP contribution is 2.28. The van der Waals surface area contributed by atoms with Crippen LogP contribution in [-0.2, 0) is 10.0 Å². The second kappa shape index (κ2) is 10.4. The standard InChI is InChI=1S/C15H30N4O2S2.HI/c1-16-15(18-13-4-5-14(10-13)22-2)17-11-12-6-8-19(9-7-12)23(3,20)21;/h12-14H,4-11H2,1-3H3,(H2,16,17,18);1H. The Kier molecular flexibility index (Phi) is 9.68. The summed E-state index contributed by atoms with van der Waals surface area (Å²) in [4.78, 5) is 4.32. The summed E-state index contributed by atoms with van der Waals surface area (Å²) in [5.74, 6) is 1.39. The Hall–Kier alpha value is 0.260. The highest BCUT2D eigenvalue weighted by atomic mass is 127. The van der Waals surface area contributed by atoms with E-state index in [1.54, 1.807) is 4.31 Å². The molecule has 2 aliphatic rings. The van der Waals surface area contributed by atoms with E-state index in [0.717, 1.165) is 30.6 Å². The lowest BCUT2D eigenvalue weighted by atomic mass is 9.98. The molecule has 6 nitrogen and oxygen atoms in total. The molecule has 0 radical (unpaired) electrons. The number of aliphatic imine (C=N–C) groups is 1. The highest BCUT2D eigenvalue weighted by Gasteiger charge is 2.26. The summed E-state index contributed by atoms with van der Waals surface area (Å²) < 4.78 is 24.6. The molecule has 1 saturated carbocycles. The zero-order chi connectivity index (χ0) is 16.9. The molecule has 1 aliphatic carbocycles. The first-order valence-corrected chi connectivity index (χ1v) is 11.5. The van der Waals surface area contributed by atoms with Crippen LogP contribution >= 0.6 is 35.7 Å². The van der Waals surface area contributed by atoms with Crippen molar-refractivity contribution in [1.82, 2.24) is 14.9 Å². The summed E-state index contributed by atoms with van der Waals surface area (Å²) in [6.45, 7) is 2.13. The van der Waals surface area contributed by atoms with Gasteiger partial charge in [-0.3, -0.25) is 4.99 Å². The molecule has 1 aliphatic heterocycles. The van der Waals surface area contributed by atoms with Crippen LogP contribution in [0.15, 0.2) is 4.99 Å². The summed E-state index contributed by atoms with van der Waals surface area (Å²) in [5.41, 5.74) is 0. The van der Waals surface area contributed by atoms with Crippen LogP contribution in [0, 0.1) is 5.92 Å². The molecule has 2 N–H and O–H groups in total. The van der Waals surface area contributed by atoms with Gasteiger partial charge in [0.15, 0.2) is 5.96 Å². The molecule has 0 amide bonds.